The molecule has 1 aromatic carbocycles. The Morgan fingerprint density at radius 1 is 1.32 bits per heavy atom. The molecule has 2 saturated carbocycles. The van der Waals surface area contributed by atoms with Crippen molar-refractivity contribution in [1.29, 1.82) is 0 Å². The largest absolute Gasteiger partial charge is 0.338 e. The first-order valence-electron chi connectivity index (χ1n) is 10.8. The molecular weight excluding hydrogens is 353 g/mol. The maximum atomic E-state index is 13.8. The minimum atomic E-state index is -0.238. The molecule has 2 bridgehead atoms. The average Bonchev–Trinajstić information content (AvgIpc) is 3.27. The van der Waals surface area contributed by atoms with E-state index in [-0.39, 0.29) is 28.7 Å². The fourth-order valence-corrected chi connectivity index (χ4v) is 5.66. The molecule has 5 heteroatoms. The lowest BCUT2D eigenvalue weighted by Crippen LogP contribution is -2.56. The van der Waals surface area contributed by atoms with Gasteiger partial charge in [0.05, 0.1) is 6.54 Å². The number of urea groups is 1. The van der Waals surface area contributed by atoms with E-state index in [1.807, 2.05) is 6.07 Å². The third-order valence-corrected chi connectivity index (χ3v) is 7.80. The molecule has 1 aliphatic heterocycles. The van der Waals surface area contributed by atoms with E-state index < -0.39 is 0 Å². The van der Waals surface area contributed by atoms with E-state index >= 15 is 0 Å². The molecule has 3 aliphatic rings. The molecule has 0 radical (unpaired) electrons. The van der Waals surface area contributed by atoms with Gasteiger partial charge in [-0.3, -0.25) is 0 Å². The molecule has 0 saturated heterocycles. The van der Waals surface area contributed by atoms with Crippen molar-refractivity contribution in [3.8, 4) is 0 Å². The molecule has 28 heavy (non-hydrogen) atoms. The van der Waals surface area contributed by atoms with Gasteiger partial charge < -0.3 is 5.32 Å². The Labute approximate surface area is 167 Å². The second kappa shape index (κ2) is 7.16. The number of benzene rings is 1. The Morgan fingerprint density at radius 3 is 2.68 bits per heavy atom. The zero-order valence-corrected chi connectivity index (χ0v) is 17.3. The minimum absolute atomic E-state index is 0.0170. The van der Waals surface area contributed by atoms with Crippen LogP contribution >= 0.6 is 0 Å². The summed E-state index contributed by atoms with van der Waals surface area (Å²) in [4.78, 5) is 13.2. The monoisotopic (exact) mass is 385 g/mol. The molecule has 4 nitrogen and oxygen atoms in total. The van der Waals surface area contributed by atoms with E-state index in [1.54, 1.807) is 17.1 Å². The summed E-state index contributed by atoms with van der Waals surface area (Å²) in [7, 11) is 0. The molecule has 4 rings (SSSR count). The van der Waals surface area contributed by atoms with Gasteiger partial charge in [-0.25, -0.2) is 14.2 Å². The first-order chi connectivity index (χ1) is 13.4. The molecule has 2 atom stereocenters. The summed E-state index contributed by atoms with van der Waals surface area (Å²) in [6.45, 7) is 7.17. The van der Waals surface area contributed by atoms with Crippen LogP contribution in [-0.4, -0.2) is 28.8 Å². The summed E-state index contributed by atoms with van der Waals surface area (Å²) < 4.78 is 13.8. The van der Waals surface area contributed by atoms with Gasteiger partial charge in [0.2, 0.25) is 0 Å². The summed E-state index contributed by atoms with van der Waals surface area (Å²) in [5, 5.41) is 9.65. The van der Waals surface area contributed by atoms with Gasteiger partial charge in [-0.05, 0) is 74.5 Å². The number of amides is 2. The third kappa shape index (κ3) is 3.13. The van der Waals surface area contributed by atoms with Crippen molar-refractivity contribution in [2.75, 3.05) is 6.54 Å². The van der Waals surface area contributed by atoms with Crippen molar-refractivity contribution < 1.29 is 9.18 Å². The lowest BCUT2D eigenvalue weighted by Gasteiger charge is -2.39. The van der Waals surface area contributed by atoms with Crippen LogP contribution in [-0.2, 0) is 0 Å². The van der Waals surface area contributed by atoms with E-state index in [2.05, 4.69) is 26.1 Å². The highest BCUT2D eigenvalue weighted by atomic mass is 19.1. The second-order valence-electron chi connectivity index (χ2n) is 9.35. The van der Waals surface area contributed by atoms with Gasteiger partial charge in [-0.2, -0.15) is 5.10 Å². The first kappa shape index (κ1) is 19.4. The molecule has 1 heterocycles. The van der Waals surface area contributed by atoms with Crippen molar-refractivity contribution in [3.05, 3.63) is 35.6 Å². The number of carbonyl (C=O) groups is 1. The fraction of sp³-hybridized carbons (Fsp3) is 0.652. The zero-order valence-electron chi connectivity index (χ0n) is 17.3. The predicted octanol–water partition coefficient (Wildman–Crippen LogP) is 5.45. The van der Waals surface area contributed by atoms with E-state index in [9.17, 15) is 9.18 Å². The lowest BCUT2D eigenvalue weighted by atomic mass is 9.76. The van der Waals surface area contributed by atoms with Gasteiger partial charge in [-0.1, -0.05) is 32.4 Å². The molecule has 2 aliphatic carbocycles. The van der Waals surface area contributed by atoms with Gasteiger partial charge >= 0.3 is 6.03 Å². The van der Waals surface area contributed by atoms with Crippen molar-refractivity contribution in [1.82, 2.24) is 10.3 Å². The summed E-state index contributed by atoms with van der Waals surface area (Å²) in [5.74, 6) is 0.307. The van der Waals surface area contributed by atoms with Crippen LogP contribution in [0.4, 0.5) is 9.18 Å². The molecule has 1 N–H and O–H groups in total. The van der Waals surface area contributed by atoms with Crippen molar-refractivity contribution in [2.24, 2.45) is 16.4 Å². The van der Waals surface area contributed by atoms with Crippen molar-refractivity contribution in [2.45, 2.75) is 77.2 Å². The first-order valence-corrected chi connectivity index (χ1v) is 10.8. The van der Waals surface area contributed by atoms with E-state index in [1.165, 1.54) is 31.7 Å². The number of hydrazone groups is 1. The van der Waals surface area contributed by atoms with Gasteiger partial charge in [-0.15, -0.1) is 0 Å². The van der Waals surface area contributed by atoms with Crippen LogP contribution in [0, 0.1) is 17.2 Å². The summed E-state index contributed by atoms with van der Waals surface area (Å²) in [5.41, 5.74) is 1.93. The number of nitrogens with one attached hydrogen (secondary N) is 1. The number of fused-ring (bicyclic) bond motifs is 2. The number of hydrogen-bond acceptors (Lipinski definition) is 2. The van der Waals surface area contributed by atoms with Crippen LogP contribution in [0.15, 0.2) is 29.4 Å². The molecular formula is C23H32FN3O. The quantitative estimate of drug-likeness (QED) is 0.720. The average molecular weight is 386 g/mol. The lowest BCUT2D eigenvalue weighted by molar-refractivity contribution is 0.148. The standard InChI is InChI=1S/C23H32FN3O/c1-4-5-9-20-19(16-7-6-8-18(24)14-16)15-27(26-20)21(28)25-23(3)17-10-12-22(23,2)13-11-17/h6-8,14,17,19H,4-5,9-13,15H2,1-3H3,(H,25,28)/t17?,19-,22?,23+/m1/s1. The van der Waals surface area contributed by atoms with Crippen LogP contribution in [0.1, 0.15) is 77.2 Å². The Morgan fingerprint density at radius 2 is 2.07 bits per heavy atom. The molecule has 0 aromatic heterocycles. The Hall–Kier alpha value is -1.91. The summed E-state index contributed by atoms with van der Waals surface area (Å²) in [6, 6.07) is 6.62. The number of unbranched alkanes of at least 4 members (excludes halogenated alkanes) is 1. The number of carbonyl (C=O) groups excluding carboxylic acids is 1. The van der Waals surface area contributed by atoms with E-state index in [0.717, 1.165) is 30.5 Å². The van der Waals surface area contributed by atoms with Crippen LogP contribution in [0.25, 0.3) is 0 Å². The van der Waals surface area contributed by atoms with E-state index in [4.69, 9.17) is 5.10 Å². The molecule has 152 valence electrons. The predicted molar refractivity (Wildman–Crippen MR) is 110 cm³/mol. The number of nitrogens with zero attached hydrogens (tertiary/aromatic N) is 2. The summed E-state index contributed by atoms with van der Waals surface area (Å²) >= 11 is 0. The van der Waals surface area contributed by atoms with Crippen LogP contribution in [0.2, 0.25) is 0 Å². The van der Waals surface area contributed by atoms with Gasteiger partial charge in [0.15, 0.2) is 0 Å². The Balaban J connectivity index is 1.53. The van der Waals surface area contributed by atoms with Crippen LogP contribution in [0.3, 0.4) is 0 Å². The number of hydrogen-bond donors (Lipinski definition) is 1. The maximum Gasteiger partial charge on any atom is 0.338 e. The smallest absolute Gasteiger partial charge is 0.331 e. The maximum absolute atomic E-state index is 13.8. The molecule has 0 spiro atoms. The molecule has 1 aromatic rings. The van der Waals surface area contributed by atoms with Crippen LogP contribution < -0.4 is 5.32 Å². The van der Waals surface area contributed by atoms with Crippen molar-refractivity contribution in [3.63, 3.8) is 0 Å². The number of halogens is 1. The van der Waals surface area contributed by atoms with Gasteiger partial charge in [0.1, 0.15) is 5.82 Å². The Bertz CT molecular complexity index is 784. The fourth-order valence-electron chi connectivity index (χ4n) is 5.66. The highest BCUT2D eigenvalue weighted by Crippen LogP contribution is 2.60. The normalized spacial score (nSPS) is 34.0. The van der Waals surface area contributed by atoms with Gasteiger partial charge in [0.25, 0.3) is 0 Å². The molecule has 2 fully saturated rings. The van der Waals surface area contributed by atoms with Crippen LogP contribution in [0.5, 0.6) is 0 Å². The van der Waals surface area contributed by atoms with E-state index in [0.29, 0.717) is 12.5 Å². The topological polar surface area (TPSA) is 44.7 Å². The molecule has 2 amide bonds. The molecule has 0 unspecified atom stereocenters. The zero-order chi connectivity index (χ0) is 19.9. The summed E-state index contributed by atoms with van der Waals surface area (Å²) in [6.07, 6.45) is 7.71. The van der Waals surface area contributed by atoms with Crippen molar-refractivity contribution >= 4 is 11.7 Å². The highest BCUT2D eigenvalue weighted by Gasteiger charge is 2.60. The Kier molecular flexibility index (Phi) is 4.96. The number of rotatable bonds is 5. The SMILES string of the molecule is CCCCC1=NN(C(=O)N[C@@]2(C)C3CCC2(C)CC3)C[C@@H]1c1cccc(F)c1. The van der Waals surface area contributed by atoms with Gasteiger partial charge in [0, 0.05) is 17.2 Å². The second-order valence-corrected chi connectivity index (χ2v) is 9.35. The highest BCUT2D eigenvalue weighted by molar-refractivity contribution is 5.94. The third-order valence-electron chi connectivity index (χ3n) is 7.80. The minimum Gasteiger partial charge on any atom is -0.331 e.